The Hall–Kier alpha value is -1.14. The third-order valence-electron chi connectivity index (χ3n) is 4.83. The lowest BCUT2D eigenvalue weighted by molar-refractivity contribution is 0.0560. The summed E-state index contributed by atoms with van der Waals surface area (Å²) in [5.41, 5.74) is 0. The van der Waals surface area contributed by atoms with E-state index in [0.29, 0.717) is 27.6 Å². The van der Waals surface area contributed by atoms with Crippen molar-refractivity contribution in [2.75, 3.05) is 14.2 Å². The maximum Gasteiger partial charge on any atom is 0.351 e. The van der Waals surface area contributed by atoms with Crippen LogP contribution in [0.1, 0.15) is 53.3 Å². The van der Waals surface area contributed by atoms with Gasteiger partial charge in [-0.3, -0.25) is 0 Å². The predicted molar refractivity (Wildman–Crippen MR) is 83.4 cm³/mol. The number of esters is 1. The third kappa shape index (κ3) is 2.86. The molecule has 0 spiro atoms. The number of fused-ring (bicyclic) bond motifs is 2. The Bertz CT molecular complexity index is 546. The molecule has 1 aromatic heterocycles. The molecular formula is C16H22FNO3S. The fourth-order valence-corrected chi connectivity index (χ4v) is 4.49. The highest BCUT2D eigenvalue weighted by Gasteiger charge is 2.39. The molecule has 0 radical (unpaired) electrons. The van der Waals surface area contributed by atoms with Crippen molar-refractivity contribution in [2.24, 2.45) is 0 Å². The first-order chi connectivity index (χ1) is 10.5. The highest BCUT2D eigenvalue weighted by Crippen LogP contribution is 2.39. The van der Waals surface area contributed by atoms with Gasteiger partial charge >= 0.3 is 5.97 Å². The van der Waals surface area contributed by atoms with Crippen LogP contribution in [0.3, 0.4) is 0 Å². The van der Waals surface area contributed by atoms with E-state index in [9.17, 15) is 9.18 Å². The smallest absolute Gasteiger partial charge is 0.351 e. The van der Waals surface area contributed by atoms with Gasteiger partial charge in [0.1, 0.15) is 18.0 Å². The molecule has 22 heavy (non-hydrogen) atoms. The fourth-order valence-electron chi connectivity index (χ4n) is 3.55. The van der Waals surface area contributed by atoms with Crippen molar-refractivity contribution in [1.82, 2.24) is 4.90 Å². The molecule has 3 unspecified atom stereocenters. The summed E-state index contributed by atoms with van der Waals surface area (Å²) in [6, 6.07) is 2.77. The van der Waals surface area contributed by atoms with Crippen LogP contribution in [-0.2, 0) is 4.74 Å². The number of carbonyl (C=O) groups excluding carboxylic acids is 1. The molecule has 122 valence electrons. The highest BCUT2D eigenvalue weighted by molar-refractivity contribution is 7.14. The van der Waals surface area contributed by atoms with Gasteiger partial charge in [0.15, 0.2) is 4.88 Å². The van der Waals surface area contributed by atoms with Crippen molar-refractivity contribution in [1.29, 1.82) is 0 Å². The molecule has 0 aliphatic carbocycles. The zero-order chi connectivity index (χ0) is 15.9. The number of hydrogen-bond donors (Lipinski definition) is 0. The Morgan fingerprint density at radius 1 is 1.41 bits per heavy atom. The normalized spacial score (nSPS) is 29.4. The highest BCUT2D eigenvalue weighted by atomic mass is 32.1. The number of hydrogen-bond acceptors (Lipinski definition) is 5. The van der Waals surface area contributed by atoms with Crippen LogP contribution in [0.2, 0.25) is 0 Å². The number of methoxy groups -OCH3 is 1. The Kier molecular flexibility index (Phi) is 4.41. The summed E-state index contributed by atoms with van der Waals surface area (Å²) in [6.07, 6.45) is 3.32. The van der Waals surface area contributed by atoms with Crippen molar-refractivity contribution < 1.29 is 18.7 Å². The third-order valence-corrected chi connectivity index (χ3v) is 6.08. The lowest BCUT2D eigenvalue weighted by Crippen LogP contribution is -2.43. The lowest BCUT2D eigenvalue weighted by atomic mass is 10.0. The summed E-state index contributed by atoms with van der Waals surface area (Å²) in [5, 5.41) is 0. The first-order valence-corrected chi connectivity index (χ1v) is 8.56. The van der Waals surface area contributed by atoms with E-state index in [0.717, 1.165) is 24.2 Å². The molecule has 4 nitrogen and oxygen atoms in total. The average Bonchev–Trinajstić information content (AvgIpc) is 2.97. The van der Waals surface area contributed by atoms with Crippen LogP contribution in [0.15, 0.2) is 6.07 Å². The van der Waals surface area contributed by atoms with Crippen LogP contribution in [0, 0.1) is 0 Å². The zero-order valence-corrected chi connectivity index (χ0v) is 14.0. The van der Waals surface area contributed by atoms with Crippen LogP contribution in [-0.4, -0.2) is 43.2 Å². The molecule has 2 bridgehead atoms. The molecule has 3 heterocycles. The van der Waals surface area contributed by atoms with Gasteiger partial charge in [-0.05, 0) is 45.7 Å². The van der Waals surface area contributed by atoms with Crippen LogP contribution >= 0.6 is 11.3 Å². The largest absolute Gasteiger partial charge is 0.488 e. The van der Waals surface area contributed by atoms with Crippen molar-refractivity contribution in [2.45, 2.75) is 57.0 Å². The summed E-state index contributed by atoms with van der Waals surface area (Å²) < 4.78 is 24.4. The molecule has 2 aliphatic heterocycles. The van der Waals surface area contributed by atoms with Crippen LogP contribution in [0.4, 0.5) is 4.39 Å². The van der Waals surface area contributed by atoms with E-state index < -0.39 is 12.1 Å². The minimum absolute atomic E-state index is 0.0921. The number of rotatable bonds is 4. The molecule has 3 rings (SSSR count). The summed E-state index contributed by atoms with van der Waals surface area (Å²) in [7, 11) is 3.51. The number of halogens is 1. The molecule has 2 aliphatic rings. The van der Waals surface area contributed by atoms with E-state index in [1.165, 1.54) is 26.9 Å². The van der Waals surface area contributed by atoms with Gasteiger partial charge in [0, 0.05) is 17.0 Å². The van der Waals surface area contributed by atoms with Gasteiger partial charge < -0.3 is 14.4 Å². The maximum absolute atomic E-state index is 13.6. The van der Waals surface area contributed by atoms with Crippen LogP contribution < -0.4 is 4.74 Å². The standard InChI is InChI=1S/C16H22FNO3S/c1-9(17)14-8-13(15(22-14)16(19)20-3)21-12-6-10-4-5-11(7-12)18(10)2/h8-12H,4-7H2,1-3H3. The van der Waals surface area contributed by atoms with E-state index in [2.05, 4.69) is 11.9 Å². The monoisotopic (exact) mass is 327 g/mol. The van der Waals surface area contributed by atoms with Gasteiger partial charge in [-0.2, -0.15) is 0 Å². The number of ether oxygens (including phenoxy) is 2. The summed E-state index contributed by atoms with van der Waals surface area (Å²) >= 11 is 1.12. The summed E-state index contributed by atoms with van der Waals surface area (Å²) in [6.45, 7) is 1.46. The average molecular weight is 327 g/mol. The first kappa shape index (κ1) is 15.7. The van der Waals surface area contributed by atoms with Gasteiger partial charge in [0.2, 0.25) is 0 Å². The van der Waals surface area contributed by atoms with Crippen molar-refractivity contribution in [3.63, 3.8) is 0 Å². The zero-order valence-electron chi connectivity index (χ0n) is 13.2. The van der Waals surface area contributed by atoms with Crippen LogP contribution in [0.5, 0.6) is 5.75 Å². The Morgan fingerprint density at radius 3 is 2.59 bits per heavy atom. The molecule has 0 aromatic carbocycles. The predicted octanol–water partition coefficient (Wildman–Crippen LogP) is 3.57. The SMILES string of the molecule is COC(=O)c1sc(C(C)F)cc1OC1CC2CCC(C1)N2C. The van der Waals surface area contributed by atoms with Gasteiger partial charge in [-0.1, -0.05) is 0 Å². The number of alkyl halides is 1. The van der Waals surface area contributed by atoms with Crippen molar-refractivity contribution in [3.8, 4) is 5.75 Å². The topological polar surface area (TPSA) is 38.8 Å². The van der Waals surface area contributed by atoms with E-state index in [4.69, 9.17) is 9.47 Å². The van der Waals surface area contributed by atoms with Gasteiger partial charge in [0.25, 0.3) is 0 Å². The number of nitrogens with zero attached hydrogens (tertiary/aromatic N) is 1. The Balaban J connectivity index is 1.78. The van der Waals surface area contributed by atoms with Crippen LogP contribution in [0.25, 0.3) is 0 Å². The molecular weight excluding hydrogens is 305 g/mol. The molecule has 1 aromatic rings. The van der Waals surface area contributed by atoms with E-state index in [1.54, 1.807) is 6.07 Å². The van der Waals surface area contributed by atoms with Gasteiger partial charge in [-0.15, -0.1) is 11.3 Å². The second-order valence-corrected chi connectivity index (χ2v) is 7.30. The van der Waals surface area contributed by atoms with E-state index >= 15 is 0 Å². The molecule has 2 fully saturated rings. The first-order valence-electron chi connectivity index (χ1n) is 7.74. The van der Waals surface area contributed by atoms with Gasteiger partial charge in [-0.25, -0.2) is 9.18 Å². The molecule has 3 atom stereocenters. The van der Waals surface area contributed by atoms with Gasteiger partial charge in [0.05, 0.1) is 7.11 Å². The lowest BCUT2D eigenvalue weighted by Gasteiger charge is -2.36. The maximum atomic E-state index is 13.6. The molecule has 2 saturated heterocycles. The minimum atomic E-state index is -1.11. The summed E-state index contributed by atoms with van der Waals surface area (Å²) in [4.78, 5) is 15.2. The fraction of sp³-hybridized carbons (Fsp3) is 0.688. The summed E-state index contributed by atoms with van der Waals surface area (Å²) in [5.74, 6) is 0.0214. The minimum Gasteiger partial charge on any atom is -0.488 e. The van der Waals surface area contributed by atoms with E-state index in [1.807, 2.05) is 0 Å². The second-order valence-electron chi connectivity index (χ2n) is 6.21. The molecule has 0 N–H and O–H groups in total. The van der Waals surface area contributed by atoms with E-state index in [-0.39, 0.29) is 6.10 Å². The van der Waals surface area contributed by atoms with Crippen molar-refractivity contribution >= 4 is 17.3 Å². The number of piperidine rings is 1. The molecule has 0 amide bonds. The molecule has 6 heteroatoms. The Labute approximate surface area is 134 Å². The second kappa shape index (κ2) is 6.16. The molecule has 0 saturated carbocycles. The quantitative estimate of drug-likeness (QED) is 0.793. The van der Waals surface area contributed by atoms with Crippen molar-refractivity contribution in [3.05, 3.63) is 15.8 Å². The number of carbonyl (C=O) groups is 1. The Morgan fingerprint density at radius 2 is 2.05 bits per heavy atom. The number of thiophene rings is 1.